The number of allylic oxidation sites excluding steroid dienone is 2. The van der Waals surface area contributed by atoms with Crippen LogP contribution in [0, 0.1) is 13.8 Å². The molecule has 0 spiro atoms. The first kappa shape index (κ1) is 19.2. The summed E-state index contributed by atoms with van der Waals surface area (Å²) in [5.74, 6) is -0.212. The number of carbonyl (C=O) groups excluding carboxylic acids is 2. The number of amides is 1. The number of rotatable bonds is 2. The monoisotopic (exact) mass is 413 g/mol. The van der Waals surface area contributed by atoms with E-state index in [0.717, 1.165) is 40.1 Å². The van der Waals surface area contributed by atoms with E-state index in [9.17, 15) is 9.59 Å². The van der Waals surface area contributed by atoms with Crippen molar-refractivity contribution in [2.45, 2.75) is 45.4 Å². The van der Waals surface area contributed by atoms with E-state index in [4.69, 9.17) is 23.2 Å². The Labute approximate surface area is 174 Å². The molecule has 5 heteroatoms. The quantitative estimate of drug-likeness (QED) is 0.592. The molecule has 28 heavy (non-hydrogen) atoms. The van der Waals surface area contributed by atoms with Crippen LogP contribution in [-0.4, -0.2) is 11.7 Å². The molecule has 1 unspecified atom stereocenters. The number of carbonyl (C=O) groups is 2. The van der Waals surface area contributed by atoms with E-state index >= 15 is 0 Å². The first-order valence-electron chi connectivity index (χ1n) is 9.47. The zero-order valence-corrected chi connectivity index (χ0v) is 17.4. The molecule has 2 aromatic rings. The van der Waals surface area contributed by atoms with Crippen LogP contribution in [0.3, 0.4) is 0 Å². The second-order valence-electron chi connectivity index (χ2n) is 7.63. The summed E-state index contributed by atoms with van der Waals surface area (Å²) in [4.78, 5) is 28.0. The maximum absolute atomic E-state index is 13.3. The minimum Gasteiger partial charge on any atom is -0.294 e. The van der Waals surface area contributed by atoms with E-state index < -0.39 is 0 Å². The number of hydrogen-bond acceptors (Lipinski definition) is 2. The van der Waals surface area contributed by atoms with Gasteiger partial charge in [0, 0.05) is 45.8 Å². The third-order valence-electron chi connectivity index (χ3n) is 5.48. The highest BCUT2D eigenvalue weighted by atomic mass is 35.5. The van der Waals surface area contributed by atoms with Gasteiger partial charge >= 0.3 is 0 Å². The number of benzene rings is 2. The molecular formula is C23H21Cl2NO2. The summed E-state index contributed by atoms with van der Waals surface area (Å²) in [5.41, 5.74) is 5.38. The molecule has 0 fully saturated rings. The number of aryl methyl sites for hydroxylation is 2. The molecule has 3 nitrogen and oxygen atoms in total. The van der Waals surface area contributed by atoms with E-state index in [-0.39, 0.29) is 24.0 Å². The van der Waals surface area contributed by atoms with Gasteiger partial charge in [0.1, 0.15) is 0 Å². The number of ketones is 1. The van der Waals surface area contributed by atoms with Crippen LogP contribution in [0.1, 0.15) is 48.3 Å². The number of Topliss-reactive ketones (excluding diaryl/α,β-unsaturated/α-hetero) is 1. The fourth-order valence-corrected chi connectivity index (χ4v) is 4.96. The molecule has 2 aromatic carbocycles. The van der Waals surface area contributed by atoms with Crippen molar-refractivity contribution in [3.8, 4) is 0 Å². The largest absolute Gasteiger partial charge is 0.294 e. The van der Waals surface area contributed by atoms with Crippen LogP contribution >= 0.6 is 23.2 Å². The third kappa shape index (κ3) is 3.38. The van der Waals surface area contributed by atoms with Crippen molar-refractivity contribution < 1.29 is 9.59 Å². The third-order valence-corrected chi connectivity index (χ3v) is 6.04. The van der Waals surface area contributed by atoms with Gasteiger partial charge in [-0.05, 0) is 67.6 Å². The lowest BCUT2D eigenvalue weighted by Crippen LogP contribution is -2.40. The Morgan fingerprint density at radius 3 is 2.36 bits per heavy atom. The zero-order valence-electron chi connectivity index (χ0n) is 15.9. The van der Waals surface area contributed by atoms with Crippen LogP contribution in [0.2, 0.25) is 10.0 Å². The highest BCUT2D eigenvalue weighted by Crippen LogP contribution is 2.45. The van der Waals surface area contributed by atoms with Gasteiger partial charge in [0.05, 0.1) is 0 Å². The summed E-state index contributed by atoms with van der Waals surface area (Å²) < 4.78 is 0. The summed E-state index contributed by atoms with van der Waals surface area (Å²) in [5, 5.41) is 1.03. The van der Waals surface area contributed by atoms with E-state index in [0.29, 0.717) is 22.9 Å². The molecule has 1 aliphatic carbocycles. The Bertz CT molecular complexity index is 1010. The van der Waals surface area contributed by atoms with Crippen molar-refractivity contribution in [1.29, 1.82) is 0 Å². The van der Waals surface area contributed by atoms with E-state index in [2.05, 4.69) is 6.07 Å². The van der Waals surface area contributed by atoms with Crippen LogP contribution in [0.4, 0.5) is 5.69 Å². The molecule has 144 valence electrons. The normalized spacial score (nSPS) is 19.9. The van der Waals surface area contributed by atoms with E-state index in [1.165, 1.54) is 0 Å². The second kappa shape index (κ2) is 7.38. The first-order valence-corrected chi connectivity index (χ1v) is 10.2. The average molecular weight is 414 g/mol. The predicted octanol–water partition coefficient (Wildman–Crippen LogP) is 6.14. The highest BCUT2D eigenvalue weighted by Gasteiger charge is 2.40. The van der Waals surface area contributed by atoms with Crippen LogP contribution < -0.4 is 4.90 Å². The highest BCUT2D eigenvalue weighted by molar-refractivity contribution is 6.35. The van der Waals surface area contributed by atoms with Crippen molar-refractivity contribution in [3.63, 3.8) is 0 Å². The fourth-order valence-electron chi connectivity index (χ4n) is 4.42. The first-order chi connectivity index (χ1) is 13.3. The summed E-state index contributed by atoms with van der Waals surface area (Å²) in [6.07, 6.45) is 2.20. The number of anilines is 1. The lowest BCUT2D eigenvalue weighted by atomic mass is 9.77. The molecule has 2 aliphatic rings. The van der Waals surface area contributed by atoms with Gasteiger partial charge in [-0.15, -0.1) is 0 Å². The SMILES string of the molecule is Cc1cc(C)cc(N2C(=O)CC(c3ccc(Cl)cc3Cl)C3=C2CCCC3=O)c1. The van der Waals surface area contributed by atoms with Gasteiger partial charge in [-0.2, -0.15) is 0 Å². The van der Waals surface area contributed by atoms with E-state index in [1.54, 1.807) is 17.0 Å². The molecule has 0 saturated carbocycles. The van der Waals surface area contributed by atoms with Crippen molar-refractivity contribution in [3.05, 3.63) is 74.4 Å². The summed E-state index contributed by atoms with van der Waals surface area (Å²) >= 11 is 12.5. The van der Waals surface area contributed by atoms with Crippen molar-refractivity contribution >= 4 is 40.6 Å². The summed E-state index contributed by atoms with van der Waals surface area (Å²) in [7, 11) is 0. The number of halogens is 2. The molecule has 0 aromatic heterocycles. The summed E-state index contributed by atoms with van der Waals surface area (Å²) in [6.45, 7) is 4.03. The maximum atomic E-state index is 13.3. The van der Waals surface area contributed by atoms with Gasteiger partial charge in [0.15, 0.2) is 5.78 Å². The fraction of sp³-hybridized carbons (Fsp3) is 0.304. The van der Waals surface area contributed by atoms with Crippen LogP contribution in [0.15, 0.2) is 47.7 Å². The molecule has 0 bridgehead atoms. The topological polar surface area (TPSA) is 37.4 Å². The molecule has 1 aliphatic heterocycles. The van der Waals surface area contributed by atoms with Crippen molar-refractivity contribution in [1.82, 2.24) is 0 Å². The zero-order chi connectivity index (χ0) is 20.0. The van der Waals surface area contributed by atoms with Gasteiger partial charge < -0.3 is 0 Å². The number of hydrogen-bond donors (Lipinski definition) is 0. The van der Waals surface area contributed by atoms with Gasteiger partial charge in [0.25, 0.3) is 0 Å². The Morgan fingerprint density at radius 1 is 0.964 bits per heavy atom. The Morgan fingerprint density at radius 2 is 1.68 bits per heavy atom. The maximum Gasteiger partial charge on any atom is 0.232 e. The lowest BCUT2D eigenvalue weighted by molar-refractivity contribution is -0.119. The van der Waals surface area contributed by atoms with Crippen LogP contribution in [0.5, 0.6) is 0 Å². The molecule has 0 radical (unpaired) electrons. The minimum absolute atomic E-state index is 0.00512. The Kier molecular flexibility index (Phi) is 5.07. The molecule has 0 saturated heterocycles. The van der Waals surface area contributed by atoms with Gasteiger partial charge in [-0.3, -0.25) is 14.5 Å². The predicted molar refractivity (Wildman–Crippen MR) is 113 cm³/mol. The van der Waals surface area contributed by atoms with Crippen LogP contribution in [-0.2, 0) is 9.59 Å². The van der Waals surface area contributed by atoms with Gasteiger partial charge in [-0.1, -0.05) is 35.3 Å². The van der Waals surface area contributed by atoms with Gasteiger partial charge in [-0.25, -0.2) is 0 Å². The minimum atomic E-state index is -0.317. The lowest BCUT2D eigenvalue weighted by Gasteiger charge is -2.38. The molecule has 1 amide bonds. The Hall–Kier alpha value is -2.10. The Balaban J connectivity index is 1.89. The van der Waals surface area contributed by atoms with Crippen molar-refractivity contribution in [2.75, 3.05) is 4.90 Å². The molecular weight excluding hydrogens is 393 g/mol. The smallest absolute Gasteiger partial charge is 0.232 e. The molecule has 1 atom stereocenters. The standard InChI is InChI=1S/C23H21Cl2NO2/c1-13-8-14(2)10-16(9-13)26-20-4-3-5-21(27)23(20)18(12-22(26)28)17-7-6-15(24)11-19(17)25/h6-11,18H,3-5,12H2,1-2H3. The number of nitrogens with zero attached hydrogens (tertiary/aromatic N) is 1. The molecule has 4 rings (SSSR count). The average Bonchev–Trinajstić information content (AvgIpc) is 2.60. The van der Waals surface area contributed by atoms with E-state index in [1.807, 2.05) is 32.0 Å². The summed E-state index contributed by atoms with van der Waals surface area (Å²) in [6, 6.07) is 11.4. The second-order valence-corrected chi connectivity index (χ2v) is 8.48. The molecule has 0 N–H and O–H groups in total. The van der Waals surface area contributed by atoms with Crippen LogP contribution in [0.25, 0.3) is 0 Å². The molecule has 1 heterocycles. The van der Waals surface area contributed by atoms with Gasteiger partial charge in [0.2, 0.25) is 5.91 Å². The van der Waals surface area contributed by atoms with Crippen molar-refractivity contribution in [2.24, 2.45) is 0 Å².